The van der Waals surface area contributed by atoms with Crippen LogP contribution in [-0.2, 0) is 6.61 Å². The SMILES string of the molecule is CSc1nc(NN)cc(OCc2cccc(Br)c2)n1. The van der Waals surface area contributed by atoms with E-state index in [0.29, 0.717) is 23.5 Å². The Morgan fingerprint density at radius 1 is 1.37 bits per heavy atom. The molecule has 1 heterocycles. The molecule has 0 radical (unpaired) electrons. The van der Waals surface area contributed by atoms with E-state index < -0.39 is 0 Å². The van der Waals surface area contributed by atoms with Gasteiger partial charge in [-0.05, 0) is 24.0 Å². The topological polar surface area (TPSA) is 73.1 Å². The lowest BCUT2D eigenvalue weighted by molar-refractivity contribution is 0.291. The predicted octanol–water partition coefficient (Wildman–Crippen LogP) is 2.83. The first kappa shape index (κ1) is 14.1. The van der Waals surface area contributed by atoms with E-state index >= 15 is 0 Å². The number of nitrogens with one attached hydrogen (secondary N) is 1. The van der Waals surface area contributed by atoms with E-state index in [1.165, 1.54) is 11.8 Å². The highest BCUT2D eigenvalue weighted by atomic mass is 79.9. The molecular weight excluding hydrogens is 328 g/mol. The molecule has 0 aliphatic rings. The first-order chi connectivity index (χ1) is 9.21. The van der Waals surface area contributed by atoms with Gasteiger partial charge in [-0.3, -0.25) is 0 Å². The van der Waals surface area contributed by atoms with Crippen molar-refractivity contribution >= 4 is 33.5 Å². The van der Waals surface area contributed by atoms with E-state index in [0.717, 1.165) is 10.0 Å². The minimum Gasteiger partial charge on any atom is -0.473 e. The van der Waals surface area contributed by atoms with Crippen molar-refractivity contribution in [1.82, 2.24) is 9.97 Å². The lowest BCUT2D eigenvalue weighted by Gasteiger charge is -2.08. The van der Waals surface area contributed by atoms with Crippen LogP contribution in [-0.4, -0.2) is 16.2 Å². The molecule has 2 aromatic rings. The van der Waals surface area contributed by atoms with Gasteiger partial charge in [-0.2, -0.15) is 4.98 Å². The summed E-state index contributed by atoms with van der Waals surface area (Å²) in [6.07, 6.45) is 1.90. The molecule has 0 bridgehead atoms. The van der Waals surface area contributed by atoms with Gasteiger partial charge >= 0.3 is 0 Å². The number of benzene rings is 1. The molecule has 2 rings (SSSR count). The summed E-state index contributed by atoms with van der Waals surface area (Å²) in [7, 11) is 0. The number of nitrogen functional groups attached to an aromatic ring is 1. The number of ether oxygens (including phenoxy) is 1. The van der Waals surface area contributed by atoms with Gasteiger partial charge in [-0.1, -0.05) is 39.8 Å². The van der Waals surface area contributed by atoms with Crippen LogP contribution in [0.5, 0.6) is 5.88 Å². The molecule has 5 nitrogen and oxygen atoms in total. The summed E-state index contributed by atoms with van der Waals surface area (Å²) in [5.74, 6) is 6.38. The molecule has 3 N–H and O–H groups in total. The fraction of sp³-hybridized carbons (Fsp3) is 0.167. The minimum atomic E-state index is 0.439. The van der Waals surface area contributed by atoms with E-state index in [2.05, 4.69) is 31.3 Å². The second-order valence-corrected chi connectivity index (χ2v) is 5.33. The van der Waals surface area contributed by atoms with Crippen LogP contribution < -0.4 is 16.0 Å². The number of hydrazine groups is 1. The number of aromatic nitrogens is 2. The Balaban J connectivity index is 2.10. The fourth-order valence-electron chi connectivity index (χ4n) is 1.43. The third-order valence-corrected chi connectivity index (χ3v) is 3.33. The van der Waals surface area contributed by atoms with E-state index in [9.17, 15) is 0 Å². The van der Waals surface area contributed by atoms with E-state index in [1.807, 2.05) is 30.5 Å². The second kappa shape index (κ2) is 6.74. The zero-order valence-electron chi connectivity index (χ0n) is 10.3. The molecule has 0 saturated heterocycles. The highest BCUT2D eigenvalue weighted by Gasteiger charge is 2.04. The molecule has 0 saturated carbocycles. The molecule has 0 amide bonds. The normalized spacial score (nSPS) is 10.3. The predicted molar refractivity (Wildman–Crippen MR) is 80.1 cm³/mol. The maximum Gasteiger partial charge on any atom is 0.219 e. The van der Waals surface area contributed by atoms with Gasteiger partial charge in [0.1, 0.15) is 12.4 Å². The number of hydrogen-bond donors (Lipinski definition) is 2. The first-order valence-electron chi connectivity index (χ1n) is 5.48. The van der Waals surface area contributed by atoms with Gasteiger partial charge in [0.25, 0.3) is 0 Å². The third kappa shape index (κ3) is 4.09. The summed E-state index contributed by atoms with van der Waals surface area (Å²) in [6, 6.07) is 9.58. The van der Waals surface area contributed by atoms with Gasteiger partial charge in [-0.25, -0.2) is 10.8 Å². The highest BCUT2D eigenvalue weighted by Crippen LogP contribution is 2.20. The molecule has 1 aromatic heterocycles. The Morgan fingerprint density at radius 3 is 2.89 bits per heavy atom. The Morgan fingerprint density at radius 2 is 2.21 bits per heavy atom. The summed E-state index contributed by atoms with van der Waals surface area (Å²) in [5, 5.41) is 0.611. The van der Waals surface area contributed by atoms with Crippen LogP contribution in [0.25, 0.3) is 0 Å². The molecule has 0 spiro atoms. The number of anilines is 1. The zero-order valence-corrected chi connectivity index (χ0v) is 12.7. The Kier molecular flexibility index (Phi) is 5.00. The quantitative estimate of drug-likeness (QED) is 0.377. The van der Waals surface area contributed by atoms with E-state index in [4.69, 9.17) is 10.6 Å². The molecule has 0 aliphatic carbocycles. The van der Waals surface area contributed by atoms with Crippen molar-refractivity contribution in [2.24, 2.45) is 5.84 Å². The van der Waals surface area contributed by atoms with Crippen molar-refractivity contribution in [1.29, 1.82) is 0 Å². The monoisotopic (exact) mass is 340 g/mol. The van der Waals surface area contributed by atoms with Crippen molar-refractivity contribution in [3.63, 3.8) is 0 Å². The summed E-state index contributed by atoms with van der Waals surface area (Å²) in [4.78, 5) is 8.43. The van der Waals surface area contributed by atoms with Gasteiger partial charge in [0.05, 0.1) is 0 Å². The summed E-state index contributed by atoms with van der Waals surface area (Å²) in [5.41, 5.74) is 3.55. The van der Waals surface area contributed by atoms with Crippen LogP contribution in [0.3, 0.4) is 0 Å². The first-order valence-corrected chi connectivity index (χ1v) is 7.50. The van der Waals surface area contributed by atoms with Gasteiger partial charge in [-0.15, -0.1) is 0 Å². The van der Waals surface area contributed by atoms with Crippen molar-refractivity contribution < 1.29 is 4.74 Å². The summed E-state index contributed by atoms with van der Waals surface area (Å²) < 4.78 is 6.67. The molecule has 0 aliphatic heterocycles. The third-order valence-electron chi connectivity index (χ3n) is 2.29. The molecule has 7 heteroatoms. The van der Waals surface area contributed by atoms with Crippen molar-refractivity contribution in [3.05, 3.63) is 40.4 Å². The van der Waals surface area contributed by atoms with Crippen molar-refractivity contribution in [2.45, 2.75) is 11.8 Å². The second-order valence-electron chi connectivity index (χ2n) is 3.64. The maximum absolute atomic E-state index is 5.65. The molecule has 0 atom stereocenters. The smallest absolute Gasteiger partial charge is 0.219 e. The average molecular weight is 341 g/mol. The molecule has 0 unspecified atom stereocenters. The van der Waals surface area contributed by atoms with Gasteiger partial charge in [0.15, 0.2) is 5.16 Å². The number of thioether (sulfide) groups is 1. The van der Waals surface area contributed by atoms with Crippen LogP contribution in [0, 0.1) is 0 Å². The maximum atomic E-state index is 5.65. The number of nitrogens with zero attached hydrogens (tertiary/aromatic N) is 2. The van der Waals surface area contributed by atoms with E-state index in [1.54, 1.807) is 6.07 Å². The molecule has 0 fully saturated rings. The highest BCUT2D eigenvalue weighted by molar-refractivity contribution is 9.10. The van der Waals surface area contributed by atoms with Gasteiger partial charge in [0, 0.05) is 10.5 Å². The molecule has 1 aromatic carbocycles. The number of rotatable bonds is 5. The van der Waals surface area contributed by atoms with Crippen LogP contribution in [0.1, 0.15) is 5.56 Å². The standard InChI is InChI=1S/C12H13BrN4OS/c1-19-12-15-10(17-14)6-11(16-12)18-7-8-3-2-4-9(13)5-8/h2-6H,7,14H2,1H3,(H,15,16,17). The Labute approximate surface area is 124 Å². The van der Waals surface area contributed by atoms with Gasteiger partial charge < -0.3 is 10.2 Å². The lowest BCUT2D eigenvalue weighted by atomic mass is 10.2. The number of hydrogen-bond acceptors (Lipinski definition) is 6. The molecule has 100 valence electrons. The summed E-state index contributed by atoms with van der Waals surface area (Å²) in [6.45, 7) is 0.439. The lowest BCUT2D eigenvalue weighted by Crippen LogP contribution is -2.10. The minimum absolute atomic E-state index is 0.439. The van der Waals surface area contributed by atoms with Crippen molar-refractivity contribution in [2.75, 3.05) is 11.7 Å². The molecular formula is C12H13BrN4OS. The number of nitrogens with two attached hydrogens (primary N) is 1. The zero-order chi connectivity index (χ0) is 13.7. The Bertz CT molecular complexity index is 545. The molecule has 19 heavy (non-hydrogen) atoms. The van der Waals surface area contributed by atoms with E-state index in [-0.39, 0.29) is 0 Å². The van der Waals surface area contributed by atoms with Crippen molar-refractivity contribution in [3.8, 4) is 5.88 Å². The van der Waals surface area contributed by atoms with Crippen LogP contribution in [0.15, 0.2) is 40.0 Å². The van der Waals surface area contributed by atoms with Gasteiger partial charge in [0.2, 0.25) is 5.88 Å². The summed E-state index contributed by atoms with van der Waals surface area (Å²) >= 11 is 4.85. The fourth-order valence-corrected chi connectivity index (χ4v) is 2.24. The van der Waals surface area contributed by atoms with Crippen LogP contribution in [0.4, 0.5) is 5.82 Å². The largest absolute Gasteiger partial charge is 0.473 e. The van der Waals surface area contributed by atoms with Crippen LogP contribution in [0.2, 0.25) is 0 Å². The van der Waals surface area contributed by atoms with Crippen LogP contribution >= 0.6 is 27.7 Å². The Hall–Kier alpha value is -1.31. The number of halogens is 1. The average Bonchev–Trinajstić information content (AvgIpc) is 2.44.